The van der Waals surface area contributed by atoms with E-state index in [-0.39, 0.29) is 23.9 Å². The van der Waals surface area contributed by atoms with Gasteiger partial charge in [0.15, 0.2) is 0 Å². The molecule has 116 valence electrons. The van der Waals surface area contributed by atoms with Crippen molar-refractivity contribution in [2.45, 2.75) is 39.5 Å². The standard InChI is InChI=1S/C16H23FN2O2/c1-11-6-14(4-5-15(11)17)7-18-16(20)9-19-8-13(3)21-10-12(19)2/h4-6,12-13H,7-10H2,1-3H3,(H,18,20). The molecule has 4 nitrogen and oxygen atoms in total. The number of ether oxygens (including phenoxy) is 1. The molecule has 1 aliphatic rings. The van der Waals surface area contributed by atoms with E-state index in [4.69, 9.17) is 4.74 Å². The minimum Gasteiger partial charge on any atom is -0.376 e. The van der Waals surface area contributed by atoms with Crippen LogP contribution in [0.5, 0.6) is 0 Å². The van der Waals surface area contributed by atoms with E-state index in [2.05, 4.69) is 17.1 Å². The lowest BCUT2D eigenvalue weighted by atomic mass is 10.1. The van der Waals surface area contributed by atoms with Crippen molar-refractivity contribution in [2.75, 3.05) is 19.7 Å². The third-order valence-corrected chi connectivity index (χ3v) is 3.80. The molecule has 0 aliphatic carbocycles. The van der Waals surface area contributed by atoms with Crippen LogP contribution < -0.4 is 5.32 Å². The summed E-state index contributed by atoms with van der Waals surface area (Å²) in [5.41, 5.74) is 1.50. The van der Waals surface area contributed by atoms with Crippen molar-refractivity contribution >= 4 is 5.91 Å². The number of nitrogens with one attached hydrogen (secondary N) is 1. The number of nitrogens with zero attached hydrogens (tertiary/aromatic N) is 1. The van der Waals surface area contributed by atoms with Crippen LogP contribution in [0.2, 0.25) is 0 Å². The van der Waals surface area contributed by atoms with E-state index in [1.165, 1.54) is 6.07 Å². The summed E-state index contributed by atoms with van der Waals surface area (Å²) in [6, 6.07) is 5.14. The Bertz CT molecular complexity index is 507. The molecule has 0 bridgehead atoms. The van der Waals surface area contributed by atoms with Crippen molar-refractivity contribution in [1.29, 1.82) is 0 Å². The quantitative estimate of drug-likeness (QED) is 0.921. The van der Waals surface area contributed by atoms with E-state index in [0.717, 1.165) is 12.1 Å². The number of amides is 1. The molecule has 5 heteroatoms. The first-order chi connectivity index (χ1) is 9.95. The highest BCUT2D eigenvalue weighted by atomic mass is 19.1. The van der Waals surface area contributed by atoms with E-state index in [1.807, 2.05) is 6.92 Å². The Hall–Kier alpha value is -1.46. The van der Waals surface area contributed by atoms with Crippen LogP contribution in [0.1, 0.15) is 25.0 Å². The van der Waals surface area contributed by atoms with E-state index >= 15 is 0 Å². The van der Waals surface area contributed by atoms with Crippen LogP contribution >= 0.6 is 0 Å². The average molecular weight is 294 g/mol. The highest BCUT2D eigenvalue weighted by molar-refractivity contribution is 5.78. The first kappa shape index (κ1) is 15.9. The van der Waals surface area contributed by atoms with Gasteiger partial charge in [-0.05, 0) is 38.0 Å². The number of aryl methyl sites for hydroxylation is 1. The minimum absolute atomic E-state index is 0.0158. The molecule has 2 rings (SSSR count). The number of rotatable bonds is 4. The third-order valence-electron chi connectivity index (χ3n) is 3.80. The van der Waals surface area contributed by atoms with Gasteiger partial charge in [-0.3, -0.25) is 9.69 Å². The second-order valence-electron chi connectivity index (χ2n) is 5.78. The number of hydrogen-bond acceptors (Lipinski definition) is 3. The Morgan fingerprint density at radius 3 is 2.95 bits per heavy atom. The molecule has 2 unspecified atom stereocenters. The molecule has 0 radical (unpaired) electrons. The van der Waals surface area contributed by atoms with Gasteiger partial charge >= 0.3 is 0 Å². The molecule has 1 saturated heterocycles. The molecule has 1 N–H and O–H groups in total. The van der Waals surface area contributed by atoms with Crippen LogP contribution in [0.4, 0.5) is 4.39 Å². The first-order valence-electron chi connectivity index (χ1n) is 7.33. The zero-order valence-corrected chi connectivity index (χ0v) is 12.9. The number of morpholine rings is 1. The van der Waals surface area contributed by atoms with Crippen molar-refractivity contribution in [3.8, 4) is 0 Å². The Morgan fingerprint density at radius 1 is 1.48 bits per heavy atom. The van der Waals surface area contributed by atoms with Gasteiger partial charge in [-0.2, -0.15) is 0 Å². The molecule has 1 heterocycles. The summed E-state index contributed by atoms with van der Waals surface area (Å²) in [4.78, 5) is 14.1. The van der Waals surface area contributed by atoms with Gasteiger partial charge in [0.05, 0.1) is 19.3 Å². The van der Waals surface area contributed by atoms with Gasteiger partial charge in [0, 0.05) is 19.1 Å². The topological polar surface area (TPSA) is 41.6 Å². The van der Waals surface area contributed by atoms with Crippen LogP contribution in [0.15, 0.2) is 18.2 Å². The van der Waals surface area contributed by atoms with E-state index in [9.17, 15) is 9.18 Å². The SMILES string of the molecule is Cc1cc(CNC(=O)CN2CC(C)OCC2C)ccc1F. The summed E-state index contributed by atoms with van der Waals surface area (Å²) >= 11 is 0. The molecule has 1 aromatic carbocycles. The fourth-order valence-corrected chi connectivity index (χ4v) is 2.45. The summed E-state index contributed by atoms with van der Waals surface area (Å²) in [5.74, 6) is -0.237. The number of hydrogen-bond donors (Lipinski definition) is 1. The second-order valence-corrected chi connectivity index (χ2v) is 5.78. The maximum atomic E-state index is 13.2. The maximum absolute atomic E-state index is 13.2. The van der Waals surface area contributed by atoms with Gasteiger partial charge in [-0.25, -0.2) is 4.39 Å². The number of benzene rings is 1. The van der Waals surface area contributed by atoms with Crippen LogP contribution in [0, 0.1) is 12.7 Å². The molecule has 1 aromatic rings. The van der Waals surface area contributed by atoms with Crippen molar-refractivity contribution < 1.29 is 13.9 Å². The molecular weight excluding hydrogens is 271 g/mol. The zero-order chi connectivity index (χ0) is 15.4. The summed E-state index contributed by atoms with van der Waals surface area (Å²) < 4.78 is 18.7. The van der Waals surface area contributed by atoms with Gasteiger partial charge in [-0.15, -0.1) is 0 Å². The molecule has 21 heavy (non-hydrogen) atoms. The Kier molecular flexibility index (Phi) is 5.31. The van der Waals surface area contributed by atoms with Crippen LogP contribution in [0.3, 0.4) is 0 Å². The summed E-state index contributed by atoms with van der Waals surface area (Å²) in [6.45, 7) is 8.01. The molecule has 1 fully saturated rings. The van der Waals surface area contributed by atoms with Gasteiger partial charge in [0.25, 0.3) is 0 Å². The fraction of sp³-hybridized carbons (Fsp3) is 0.562. The van der Waals surface area contributed by atoms with Crippen molar-refractivity contribution in [3.63, 3.8) is 0 Å². The van der Waals surface area contributed by atoms with Crippen LogP contribution in [0.25, 0.3) is 0 Å². The highest BCUT2D eigenvalue weighted by Crippen LogP contribution is 2.11. The highest BCUT2D eigenvalue weighted by Gasteiger charge is 2.24. The van der Waals surface area contributed by atoms with Crippen molar-refractivity contribution in [2.24, 2.45) is 0 Å². The third kappa shape index (κ3) is 4.51. The maximum Gasteiger partial charge on any atom is 0.234 e. The van der Waals surface area contributed by atoms with Gasteiger partial charge in [-0.1, -0.05) is 12.1 Å². The molecule has 0 spiro atoms. The predicted molar refractivity (Wildman–Crippen MR) is 79.4 cm³/mol. The van der Waals surface area contributed by atoms with Crippen molar-refractivity contribution in [1.82, 2.24) is 10.2 Å². The van der Waals surface area contributed by atoms with Gasteiger partial charge in [0.1, 0.15) is 5.82 Å². The first-order valence-corrected chi connectivity index (χ1v) is 7.33. The van der Waals surface area contributed by atoms with E-state index < -0.39 is 0 Å². The van der Waals surface area contributed by atoms with E-state index in [0.29, 0.717) is 25.3 Å². The lowest BCUT2D eigenvalue weighted by Gasteiger charge is -2.36. The fourth-order valence-electron chi connectivity index (χ4n) is 2.45. The summed E-state index contributed by atoms with van der Waals surface area (Å²) in [6.07, 6.45) is 0.161. The average Bonchev–Trinajstić information content (AvgIpc) is 2.44. The smallest absolute Gasteiger partial charge is 0.234 e. The molecular formula is C16H23FN2O2. The lowest BCUT2D eigenvalue weighted by molar-refractivity contribution is -0.126. The second kappa shape index (κ2) is 7.00. The molecule has 0 saturated carbocycles. The zero-order valence-electron chi connectivity index (χ0n) is 12.9. The molecule has 2 atom stereocenters. The van der Waals surface area contributed by atoms with Gasteiger partial charge in [0.2, 0.25) is 5.91 Å². The van der Waals surface area contributed by atoms with Gasteiger partial charge < -0.3 is 10.1 Å². The number of halogens is 1. The van der Waals surface area contributed by atoms with Crippen molar-refractivity contribution in [3.05, 3.63) is 35.1 Å². The van der Waals surface area contributed by atoms with Crippen LogP contribution in [-0.4, -0.2) is 42.6 Å². The molecule has 1 aliphatic heterocycles. The Morgan fingerprint density at radius 2 is 2.24 bits per heavy atom. The summed E-state index contributed by atoms with van der Waals surface area (Å²) in [5, 5.41) is 2.88. The normalized spacial score (nSPS) is 23.0. The predicted octanol–water partition coefficient (Wildman–Crippen LogP) is 1.86. The molecule has 1 amide bonds. The Labute approximate surface area is 125 Å². The number of carbonyl (C=O) groups is 1. The minimum atomic E-state index is -0.221. The van der Waals surface area contributed by atoms with E-state index in [1.54, 1.807) is 19.1 Å². The van der Waals surface area contributed by atoms with Crippen LogP contribution in [-0.2, 0) is 16.1 Å². The molecule has 0 aromatic heterocycles. The lowest BCUT2D eigenvalue weighted by Crippen LogP contribution is -2.50. The number of carbonyl (C=O) groups excluding carboxylic acids is 1. The largest absolute Gasteiger partial charge is 0.376 e. The Balaban J connectivity index is 1.82. The summed E-state index contributed by atoms with van der Waals surface area (Å²) in [7, 11) is 0. The monoisotopic (exact) mass is 294 g/mol.